The fourth-order valence-corrected chi connectivity index (χ4v) is 4.96. The summed E-state index contributed by atoms with van der Waals surface area (Å²) in [5.41, 5.74) is 1.39. The fraction of sp³-hybridized carbons (Fsp3) is 0.652. The van der Waals surface area contributed by atoms with Crippen LogP contribution in [-0.4, -0.2) is 62.7 Å². The molecule has 3 aliphatic rings. The molecule has 0 bridgehead atoms. The van der Waals surface area contributed by atoms with Gasteiger partial charge >= 0.3 is 0 Å². The van der Waals surface area contributed by atoms with Gasteiger partial charge in [-0.15, -0.1) is 24.0 Å². The van der Waals surface area contributed by atoms with E-state index in [1.165, 1.54) is 18.4 Å². The summed E-state index contributed by atoms with van der Waals surface area (Å²) < 4.78 is 11.5. The number of aliphatic imine (C=N–C) groups is 1. The summed E-state index contributed by atoms with van der Waals surface area (Å²) in [6.45, 7) is 5.54. The first kappa shape index (κ1) is 23.9. The van der Waals surface area contributed by atoms with E-state index in [1.54, 1.807) is 0 Å². The summed E-state index contributed by atoms with van der Waals surface area (Å²) in [5.74, 6) is 2.75. The number of benzene rings is 1. The van der Waals surface area contributed by atoms with Gasteiger partial charge in [0.25, 0.3) is 0 Å². The van der Waals surface area contributed by atoms with Crippen LogP contribution in [0.4, 0.5) is 0 Å². The number of carbonyl (C=O) groups excluding carboxylic acids is 1. The van der Waals surface area contributed by atoms with Crippen molar-refractivity contribution in [1.82, 2.24) is 15.5 Å². The highest BCUT2D eigenvalue weighted by atomic mass is 127. The molecule has 172 valence electrons. The van der Waals surface area contributed by atoms with E-state index < -0.39 is 0 Å². The maximum Gasteiger partial charge on any atom is 0.222 e. The number of guanidine groups is 1. The molecule has 2 fully saturated rings. The van der Waals surface area contributed by atoms with E-state index in [-0.39, 0.29) is 41.3 Å². The number of likely N-dealkylation sites (tertiary alicyclic amines) is 1. The Morgan fingerprint density at radius 2 is 1.97 bits per heavy atom. The highest BCUT2D eigenvalue weighted by Crippen LogP contribution is 2.43. The van der Waals surface area contributed by atoms with E-state index >= 15 is 0 Å². The van der Waals surface area contributed by atoms with Crippen LogP contribution < -0.4 is 20.1 Å². The topological polar surface area (TPSA) is 75.2 Å². The Kier molecular flexibility index (Phi) is 8.30. The lowest BCUT2D eigenvalue weighted by molar-refractivity contribution is -0.129. The monoisotopic (exact) mass is 542 g/mol. The van der Waals surface area contributed by atoms with E-state index in [9.17, 15) is 4.79 Å². The minimum Gasteiger partial charge on any atom is -0.486 e. The van der Waals surface area contributed by atoms with Crippen molar-refractivity contribution in [2.75, 3.05) is 39.9 Å². The van der Waals surface area contributed by atoms with Crippen LogP contribution in [0.5, 0.6) is 11.5 Å². The molecule has 1 aliphatic carbocycles. The van der Waals surface area contributed by atoms with Gasteiger partial charge < -0.3 is 25.0 Å². The van der Waals surface area contributed by atoms with Gasteiger partial charge in [-0.25, -0.2) is 0 Å². The molecule has 2 aliphatic heterocycles. The quantitative estimate of drug-likeness (QED) is 0.340. The van der Waals surface area contributed by atoms with Crippen LogP contribution in [-0.2, 0) is 10.2 Å². The molecular weight excluding hydrogens is 507 g/mol. The Bertz CT molecular complexity index is 795. The van der Waals surface area contributed by atoms with E-state index in [0.29, 0.717) is 19.6 Å². The molecule has 1 aromatic carbocycles. The molecule has 0 aromatic heterocycles. The number of ether oxygens (including phenoxy) is 2. The van der Waals surface area contributed by atoms with Crippen LogP contribution in [0, 0.1) is 0 Å². The number of hydrogen-bond acceptors (Lipinski definition) is 4. The number of hydrogen-bond donors (Lipinski definition) is 2. The molecule has 31 heavy (non-hydrogen) atoms. The second-order valence-corrected chi connectivity index (χ2v) is 8.59. The summed E-state index contributed by atoms with van der Waals surface area (Å²) >= 11 is 0. The second kappa shape index (κ2) is 10.7. The number of nitrogens with one attached hydrogen (secondary N) is 2. The molecule has 2 N–H and O–H groups in total. The zero-order valence-electron chi connectivity index (χ0n) is 18.6. The molecule has 2 heterocycles. The molecule has 8 heteroatoms. The number of nitrogens with zero attached hydrogens (tertiary/aromatic N) is 2. The van der Waals surface area contributed by atoms with Crippen LogP contribution in [0.1, 0.15) is 51.0 Å². The van der Waals surface area contributed by atoms with Crippen molar-refractivity contribution in [3.8, 4) is 11.5 Å². The molecule has 1 saturated carbocycles. The summed E-state index contributed by atoms with van der Waals surface area (Å²) in [4.78, 5) is 18.3. The zero-order valence-corrected chi connectivity index (χ0v) is 20.9. The van der Waals surface area contributed by atoms with Crippen molar-refractivity contribution >= 4 is 35.8 Å². The highest BCUT2D eigenvalue weighted by Gasteiger charge is 2.37. The average molecular weight is 542 g/mol. The Hall–Kier alpha value is -1.71. The molecule has 1 atom stereocenters. The van der Waals surface area contributed by atoms with E-state index in [4.69, 9.17) is 9.47 Å². The van der Waals surface area contributed by atoms with E-state index in [2.05, 4.69) is 33.8 Å². The van der Waals surface area contributed by atoms with Gasteiger partial charge in [0.15, 0.2) is 17.5 Å². The maximum atomic E-state index is 11.9. The molecular formula is C23H35IN4O3. The van der Waals surface area contributed by atoms with Crippen LogP contribution >= 0.6 is 24.0 Å². The molecule has 1 saturated heterocycles. The van der Waals surface area contributed by atoms with Crippen molar-refractivity contribution in [2.24, 2.45) is 4.99 Å². The fourth-order valence-electron chi connectivity index (χ4n) is 4.96. The normalized spacial score (nSPS) is 22.1. The predicted octanol–water partition coefficient (Wildman–Crippen LogP) is 3.06. The number of fused-ring (bicyclic) bond motifs is 1. The first-order valence-corrected chi connectivity index (χ1v) is 11.3. The van der Waals surface area contributed by atoms with Gasteiger partial charge in [-0.2, -0.15) is 0 Å². The van der Waals surface area contributed by atoms with E-state index in [1.807, 2.05) is 18.9 Å². The summed E-state index contributed by atoms with van der Waals surface area (Å²) in [6.07, 6.45) is 6.30. The molecule has 1 amide bonds. The predicted molar refractivity (Wildman–Crippen MR) is 133 cm³/mol. The Morgan fingerprint density at radius 3 is 2.68 bits per heavy atom. The van der Waals surface area contributed by atoms with Crippen molar-refractivity contribution in [3.05, 3.63) is 23.8 Å². The summed E-state index contributed by atoms with van der Waals surface area (Å²) in [5, 5.41) is 7.10. The molecule has 1 unspecified atom stereocenters. The average Bonchev–Trinajstić information content (AvgIpc) is 3.46. The Morgan fingerprint density at radius 1 is 1.23 bits per heavy atom. The van der Waals surface area contributed by atoms with Gasteiger partial charge in [-0.05, 0) is 37.0 Å². The summed E-state index contributed by atoms with van der Waals surface area (Å²) in [6, 6.07) is 6.67. The number of carbonyl (C=O) groups is 1. The number of halogens is 1. The van der Waals surface area contributed by atoms with Gasteiger partial charge in [0.1, 0.15) is 13.2 Å². The van der Waals surface area contributed by atoms with Crippen LogP contribution in [0.2, 0.25) is 0 Å². The minimum atomic E-state index is 0. The third kappa shape index (κ3) is 5.38. The van der Waals surface area contributed by atoms with Gasteiger partial charge in [-0.3, -0.25) is 9.79 Å². The van der Waals surface area contributed by atoms with Crippen molar-refractivity contribution in [1.29, 1.82) is 0 Å². The Balaban J connectivity index is 0.00000272. The summed E-state index contributed by atoms with van der Waals surface area (Å²) in [7, 11) is 1.81. The lowest BCUT2D eigenvalue weighted by Gasteiger charge is -2.32. The van der Waals surface area contributed by atoms with Gasteiger partial charge in [0.05, 0.1) is 0 Å². The Labute approximate surface area is 202 Å². The molecule has 0 spiro atoms. The van der Waals surface area contributed by atoms with Gasteiger partial charge in [-0.1, -0.05) is 25.8 Å². The van der Waals surface area contributed by atoms with Crippen molar-refractivity contribution < 1.29 is 14.3 Å². The first-order valence-electron chi connectivity index (χ1n) is 11.3. The second-order valence-electron chi connectivity index (χ2n) is 8.59. The number of amides is 1. The number of rotatable bonds is 5. The third-order valence-corrected chi connectivity index (χ3v) is 6.72. The third-order valence-electron chi connectivity index (χ3n) is 6.72. The first-order chi connectivity index (χ1) is 14.6. The molecule has 0 radical (unpaired) electrons. The van der Waals surface area contributed by atoms with Crippen molar-refractivity contribution in [2.45, 2.75) is 56.9 Å². The van der Waals surface area contributed by atoms with Gasteiger partial charge in [0.2, 0.25) is 5.91 Å². The van der Waals surface area contributed by atoms with Crippen LogP contribution in [0.3, 0.4) is 0 Å². The lowest BCUT2D eigenvalue weighted by Crippen LogP contribution is -2.48. The largest absolute Gasteiger partial charge is 0.486 e. The lowest BCUT2D eigenvalue weighted by atomic mass is 9.78. The molecule has 1 aromatic rings. The van der Waals surface area contributed by atoms with E-state index in [0.717, 1.165) is 56.4 Å². The minimum absolute atomic E-state index is 0. The molecule has 4 rings (SSSR count). The standard InChI is InChI=1S/C23H34N4O3.HI/c1-3-21(28)27-11-8-18(15-27)26-22(24-2)25-16-23(9-4-5-10-23)17-6-7-19-20(14-17)30-13-12-29-19;/h6-7,14,18H,3-5,8-13,15-16H2,1-2H3,(H2,24,25,26);1H. The van der Waals surface area contributed by atoms with Gasteiger partial charge in [0, 0.05) is 44.6 Å². The van der Waals surface area contributed by atoms with Crippen LogP contribution in [0.15, 0.2) is 23.2 Å². The maximum absolute atomic E-state index is 11.9. The van der Waals surface area contributed by atoms with Crippen LogP contribution in [0.25, 0.3) is 0 Å². The smallest absolute Gasteiger partial charge is 0.222 e. The zero-order chi connectivity index (χ0) is 21.0. The molecule has 7 nitrogen and oxygen atoms in total. The highest BCUT2D eigenvalue weighted by molar-refractivity contribution is 14.0. The SMILES string of the molecule is CCC(=O)N1CCC(NC(=NC)NCC2(c3ccc4c(c3)OCCO4)CCCC2)C1.I. The van der Waals surface area contributed by atoms with Crippen molar-refractivity contribution in [3.63, 3.8) is 0 Å².